The van der Waals surface area contributed by atoms with Gasteiger partial charge in [-0.25, -0.2) is 4.79 Å². The third-order valence-corrected chi connectivity index (χ3v) is 2.96. The summed E-state index contributed by atoms with van der Waals surface area (Å²) in [5.74, 6) is -0.312. The van der Waals surface area contributed by atoms with E-state index < -0.39 is 0 Å². The minimum absolute atomic E-state index is 0.312. The summed E-state index contributed by atoms with van der Waals surface area (Å²) >= 11 is 0. The molecule has 1 N–H and O–H groups in total. The van der Waals surface area contributed by atoms with Crippen LogP contribution in [0.4, 0.5) is 0 Å². The summed E-state index contributed by atoms with van der Waals surface area (Å²) in [6, 6.07) is 13.4. The maximum atomic E-state index is 11.3. The number of nitrogens with one attached hydrogen (secondary N) is 1. The Morgan fingerprint density at radius 3 is 2.55 bits per heavy atom. The number of hydrogen-bond donors (Lipinski definition) is 1. The summed E-state index contributed by atoms with van der Waals surface area (Å²) in [5, 5.41) is 3.33. The lowest BCUT2D eigenvalue weighted by molar-refractivity contribution is 0.0600. The van der Waals surface area contributed by atoms with Gasteiger partial charge in [0.15, 0.2) is 0 Å². The molecule has 4 heteroatoms. The first kappa shape index (κ1) is 14.2. The van der Waals surface area contributed by atoms with Crippen molar-refractivity contribution in [1.29, 1.82) is 0 Å². The summed E-state index contributed by atoms with van der Waals surface area (Å²) in [6.45, 7) is 3.44. The van der Waals surface area contributed by atoms with E-state index in [4.69, 9.17) is 0 Å². The number of aryl methyl sites for hydroxylation is 1. The summed E-state index contributed by atoms with van der Waals surface area (Å²) in [7, 11) is 1.38. The van der Waals surface area contributed by atoms with Crippen molar-refractivity contribution in [2.75, 3.05) is 7.11 Å². The predicted octanol–water partition coefficient (Wildman–Crippen LogP) is 2.47. The van der Waals surface area contributed by atoms with Crippen molar-refractivity contribution >= 4 is 5.97 Å². The van der Waals surface area contributed by atoms with Crippen molar-refractivity contribution in [2.45, 2.75) is 20.0 Å². The fourth-order valence-electron chi connectivity index (χ4n) is 1.91. The molecule has 20 heavy (non-hydrogen) atoms. The SMILES string of the molecule is COC(=O)c1ccc(CNCc2cccc(C)n2)cc1. The van der Waals surface area contributed by atoms with Crippen molar-refractivity contribution < 1.29 is 9.53 Å². The number of carbonyl (C=O) groups excluding carboxylic acids is 1. The van der Waals surface area contributed by atoms with Crippen molar-refractivity contribution in [3.05, 3.63) is 65.0 Å². The van der Waals surface area contributed by atoms with Crippen molar-refractivity contribution in [2.24, 2.45) is 0 Å². The molecule has 0 spiro atoms. The van der Waals surface area contributed by atoms with E-state index >= 15 is 0 Å². The van der Waals surface area contributed by atoms with Gasteiger partial charge in [-0.3, -0.25) is 4.98 Å². The Bertz CT molecular complexity index is 579. The highest BCUT2D eigenvalue weighted by Crippen LogP contribution is 2.06. The second-order valence-electron chi connectivity index (χ2n) is 4.56. The highest BCUT2D eigenvalue weighted by molar-refractivity contribution is 5.89. The van der Waals surface area contributed by atoms with Crippen molar-refractivity contribution in [3.8, 4) is 0 Å². The average Bonchev–Trinajstić information content (AvgIpc) is 2.47. The number of aromatic nitrogens is 1. The molecule has 0 amide bonds. The minimum atomic E-state index is -0.312. The van der Waals surface area contributed by atoms with Crippen LogP contribution in [0.15, 0.2) is 42.5 Å². The summed E-state index contributed by atoms with van der Waals surface area (Å²) in [6.07, 6.45) is 0. The highest BCUT2D eigenvalue weighted by Gasteiger charge is 2.04. The van der Waals surface area contributed by atoms with Gasteiger partial charge >= 0.3 is 5.97 Å². The number of nitrogens with zero attached hydrogens (tertiary/aromatic N) is 1. The lowest BCUT2D eigenvalue weighted by atomic mass is 10.1. The third-order valence-electron chi connectivity index (χ3n) is 2.96. The summed E-state index contributed by atoms with van der Waals surface area (Å²) in [5.41, 5.74) is 3.73. The fourth-order valence-corrected chi connectivity index (χ4v) is 1.91. The van der Waals surface area contributed by atoms with Crippen LogP contribution in [0, 0.1) is 6.92 Å². The molecule has 1 aromatic carbocycles. The zero-order chi connectivity index (χ0) is 14.4. The van der Waals surface area contributed by atoms with Crippen LogP contribution < -0.4 is 5.32 Å². The van der Waals surface area contributed by atoms with Crippen LogP contribution in [0.2, 0.25) is 0 Å². The van der Waals surface area contributed by atoms with E-state index in [1.165, 1.54) is 7.11 Å². The van der Waals surface area contributed by atoms with Crippen LogP contribution in [0.1, 0.15) is 27.3 Å². The van der Waals surface area contributed by atoms with E-state index in [1.54, 1.807) is 12.1 Å². The van der Waals surface area contributed by atoms with Crippen molar-refractivity contribution in [3.63, 3.8) is 0 Å². The fraction of sp³-hybridized carbons (Fsp3) is 0.250. The molecule has 1 aromatic heterocycles. The summed E-state index contributed by atoms with van der Waals surface area (Å²) in [4.78, 5) is 15.7. The van der Waals surface area contributed by atoms with Crippen LogP contribution in [-0.4, -0.2) is 18.1 Å². The lowest BCUT2D eigenvalue weighted by Gasteiger charge is -2.06. The molecule has 0 fully saturated rings. The molecule has 0 saturated carbocycles. The maximum Gasteiger partial charge on any atom is 0.337 e. The molecule has 0 aliphatic carbocycles. The van der Waals surface area contributed by atoms with Gasteiger partial charge < -0.3 is 10.1 Å². The van der Waals surface area contributed by atoms with Gasteiger partial charge in [0, 0.05) is 18.8 Å². The van der Waals surface area contributed by atoms with Crippen LogP contribution in [0.25, 0.3) is 0 Å². The second kappa shape index (κ2) is 6.82. The number of ether oxygens (including phenoxy) is 1. The first-order valence-corrected chi connectivity index (χ1v) is 6.49. The number of hydrogen-bond acceptors (Lipinski definition) is 4. The Kier molecular flexibility index (Phi) is 4.85. The van der Waals surface area contributed by atoms with Crippen molar-refractivity contribution in [1.82, 2.24) is 10.3 Å². The highest BCUT2D eigenvalue weighted by atomic mass is 16.5. The molecule has 4 nitrogen and oxygen atoms in total. The first-order valence-electron chi connectivity index (χ1n) is 6.49. The Labute approximate surface area is 118 Å². The first-order chi connectivity index (χ1) is 9.69. The van der Waals surface area contributed by atoms with E-state index in [-0.39, 0.29) is 5.97 Å². The molecule has 0 bridgehead atoms. The van der Waals surface area contributed by atoms with Gasteiger partial charge in [0.05, 0.1) is 18.4 Å². The average molecular weight is 270 g/mol. The van der Waals surface area contributed by atoms with E-state index in [0.29, 0.717) is 5.56 Å². The molecule has 0 saturated heterocycles. The lowest BCUT2D eigenvalue weighted by Crippen LogP contribution is -2.14. The molecule has 0 atom stereocenters. The van der Waals surface area contributed by atoms with Gasteiger partial charge in [-0.15, -0.1) is 0 Å². The smallest absolute Gasteiger partial charge is 0.337 e. The predicted molar refractivity (Wildman–Crippen MR) is 77.3 cm³/mol. The van der Waals surface area contributed by atoms with E-state index in [9.17, 15) is 4.79 Å². The van der Waals surface area contributed by atoms with Gasteiger partial charge in [0.2, 0.25) is 0 Å². The molecular formula is C16H18N2O2. The standard InChI is InChI=1S/C16H18N2O2/c1-12-4-3-5-15(18-12)11-17-10-13-6-8-14(9-7-13)16(19)20-2/h3-9,17H,10-11H2,1-2H3. The Balaban J connectivity index is 1.86. The maximum absolute atomic E-state index is 11.3. The Hall–Kier alpha value is -2.20. The molecule has 0 aliphatic rings. The monoisotopic (exact) mass is 270 g/mol. The number of carbonyl (C=O) groups is 1. The van der Waals surface area contributed by atoms with E-state index in [0.717, 1.165) is 30.0 Å². The molecule has 1 heterocycles. The number of methoxy groups -OCH3 is 1. The number of rotatable bonds is 5. The molecular weight excluding hydrogens is 252 g/mol. The van der Waals surface area contributed by atoms with Gasteiger partial charge in [-0.1, -0.05) is 18.2 Å². The minimum Gasteiger partial charge on any atom is -0.465 e. The molecule has 2 rings (SSSR count). The van der Waals surface area contributed by atoms with E-state index in [2.05, 4.69) is 15.0 Å². The molecule has 0 unspecified atom stereocenters. The molecule has 2 aromatic rings. The number of esters is 1. The van der Waals surface area contributed by atoms with Crippen LogP contribution >= 0.6 is 0 Å². The Morgan fingerprint density at radius 2 is 1.90 bits per heavy atom. The van der Waals surface area contributed by atoms with Gasteiger partial charge in [0.25, 0.3) is 0 Å². The van der Waals surface area contributed by atoms with Crippen LogP contribution in [0.5, 0.6) is 0 Å². The molecule has 0 aliphatic heterocycles. The molecule has 104 valence electrons. The zero-order valence-electron chi connectivity index (χ0n) is 11.7. The van der Waals surface area contributed by atoms with Gasteiger partial charge in [0.1, 0.15) is 0 Å². The van der Waals surface area contributed by atoms with Crippen LogP contribution in [-0.2, 0) is 17.8 Å². The van der Waals surface area contributed by atoms with Gasteiger partial charge in [-0.2, -0.15) is 0 Å². The number of benzene rings is 1. The summed E-state index contributed by atoms with van der Waals surface area (Å²) < 4.78 is 4.66. The Morgan fingerprint density at radius 1 is 1.15 bits per heavy atom. The van der Waals surface area contributed by atoms with E-state index in [1.807, 2.05) is 37.3 Å². The quantitative estimate of drug-likeness (QED) is 0.848. The topological polar surface area (TPSA) is 51.2 Å². The number of pyridine rings is 1. The second-order valence-corrected chi connectivity index (χ2v) is 4.56. The normalized spacial score (nSPS) is 10.3. The van der Waals surface area contributed by atoms with Gasteiger partial charge in [-0.05, 0) is 36.8 Å². The zero-order valence-corrected chi connectivity index (χ0v) is 11.7. The largest absolute Gasteiger partial charge is 0.465 e. The van der Waals surface area contributed by atoms with Crippen LogP contribution in [0.3, 0.4) is 0 Å². The third kappa shape index (κ3) is 3.90. The molecule has 0 radical (unpaired) electrons.